The average molecular weight is 238 g/mol. The minimum Gasteiger partial charge on any atom is -0.497 e. The topological polar surface area (TPSA) is 55.8 Å². The summed E-state index contributed by atoms with van der Waals surface area (Å²) in [4.78, 5) is 10.7. The highest BCUT2D eigenvalue weighted by Crippen LogP contribution is 2.24. The van der Waals surface area contributed by atoms with Gasteiger partial charge in [0.25, 0.3) is 0 Å². The summed E-state index contributed by atoms with van der Waals surface area (Å²) < 4.78 is 10.3. The third-order valence-electron chi connectivity index (χ3n) is 2.70. The first-order valence-corrected chi connectivity index (χ1v) is 5.51. The first-order chi connectivity index (χ1) is 8.06. The second kappa shape index (κ2) is 6.13. The van der Waals surface area contributed by atoms with Crippen molar-refractivity contribution in [3.05, 3.63) is 23.8 Å². The predicted molar refractivity (Wildman–Crippen MR) is 64.7 cm³/mol. The van der Waals surface area contributed by atoms with Crippen LogP contribution in [0.4, 0.5) is 0 Å². The van der Waals surface area contributed by atoms with Crippen molar-refractivity contribution in [1.82, 2.24) is 0 Å². The third kappa shape index (κ3) is 3.98. The van der Waals surface area contributed by atoms with Crippen LogP contribution < -0.4 is 9.47 Å². The van der Waals surface area contributed by atoms with Gasteiger partial charge in [-0.05, 0) is 30.5 Å². The van der Waals surface area contributed by atoms with Crippen LogP contribution in [0, 0.1) is 5.92 Å². The molecular weight excluding hydrogens is 220 g/mol. The van der Waals surface area contributed by atoms with Crippen molar-refractivity contribution in [3.8, 4) is 11.5 Å². The highest BCUT2D eigenvalue weighted by molar-refractivity contribution is 5.69. The minimum atomic E-state index is -0.764. The van der Waals surface area contributed by atoms with E-state index in [-0.39, 0.29) is 5.92 Å². The van der Waals surface area contributed by atoms with Crippen LogP contribution in [0.5, 0.6) is 11.5 Å². The van der Waals surface area contributed by atoms with Crippen LogP contribution in [0.1, 0.15) is 18.9 Å². The number of hydrogen-bond acceptors (Lipinski definition) is 3. The van der Waals surface area contributed by atoms with E-state index >= 15 is 0 Å². The van der Waals surface area contributed by atoms with Crippen LogP contribution in [0.2, 0.25) is 0 Å². The Hall–Kier alpha value is -1.71. The van der Waals surface area contributed by atoms with Gasteiger partial charge in [-0.25, -0.2) is 0 Å². The van der Waals surface area contributed by atoms with Crippen molar-refractivity contribution in [2.75, 3.05) is 14.2 Å². The number of carboxylic acid groups (broad SMARTS) is 1. The molecular formula is C13H18O4. The Morgan fingerprint density at radius 1 is 1.24 bits per heavy atom. The number of carboxylic acids is 1. The van der Waals surface area contributed by atoms with E-state index in [2.05, 4.69) is 0 Å². The standard InChI is InChI=1S/C13H18O4/c1-9(13(14)15)4-5-10-6-11(16-2)8-12(7-10)17-3/h6-9H,4-5H2,1-3H3,(H,14,15). The third-order valence-corrected chi connectivity index (χ3v) is 2.70. The maximum Gasteiger partial charge on any atom is 0.306 e. The van der Waals surface area contributed by atoms with Crippen molar-refractivity contribution in [2.24, 2.45) is 5.92 Å². The molecule has 1 unspecified atom stereocenters. The number of aryl methyl sites for hydroxylation is 1. The fourth-order valence-electron chi connectivity index (χ4n) is 1.52. The zero-order valence-electron chi connectivity index (χ0n) is 10.4. The van der Waals surface area contributed by atoms with E-state index < -0.39 is 5.97 Å². The van der Waals surface area contributed by atoms with E-state index in [0.29, 0.717) is 12.8 Å². The number of rotatable bonds is 6. The lowest BCUT2D eigenvalue weighted by molar-refractivity contribution is -0.141. The van der Waals surface area contributed by atoms with Gasteiger partial charge < -0.3 is 14.6 Å². The van der Waals surface area contributed by atoms with E-state index in [4.69, 9.17) is 14.6 Å². The summed E-state index contributed by atoms with van der Waals surface area (Å²) >= 11 is 0. The molecule has 1 N–H and O–H groups in total. The Labute approximate surface area is 101 Å². The monoisotopic (exact) mass is 238 g/mol. The van der Waals surface area contributed by atoms with Crippen LogP contribution in [0.25, 0.3) is 0 Å². The lowest BCUT2D eigenvalue weighted by Gasteiger charge is -2.09. The Morgan fingerprint density at radius 2 is 1.76 bits per heavy atom. The van der Waals surface area contributed by atoms with Gasteiger partial charge in [-0.15, -0.1) is 0 Å². The van der Waals surface area contributed by atoms with Gasteiger partial charge in [0.1, 0.15) is 11.5 Å². The lowest BCUT2D eigenvalue weighted by atomic mass is 10.0. The van der Waals surface area contributed by atoms with Gasteiger partial charge in [-0.3, -0.25) is 4.79 Å². The largest absolute Gasteiger partial charge is 0.497 e. The zero-order valence-corrected chi connectivity index (χ0v) is 10.4. The summed E-state index contributed by atoms with van der Waals surface area (Å²) in [5.74, 6) is 0.344. The molecule has 4 heteroatoms. The first kappa shape index (κ1) is 13.4. The molecule has 0 bridgehead atoms. The quantitative estimate of drug-likeness (QED) is 0.826. The Kier molecular flexibility index (Phi) is 4.82. The molecule has 4 nitrogen and oxygen atoms in total. The number of benzene rings is 1. The Morgan fingerprint density at radius 3 is 2.18 bits per heavy atom. The molecule has 1 aromatic carbocycles. The molecule has 1 rings (SSSR count). The number of methoxy groups -OCH3 is 2. The first-order valence-electron chi connectivity index (χ1n) is 5.51. The predicted octanol–water partition coefficient (Wildman–Crippen LogP) is 2.36. The summed E-state index contributed by atoms with van der Waals surface area (Å²) in [5.41, 5.74) is 1.02. The van der Waals surface area contributed by atoms with Crippen molar-refractivity contribution in [2.45, 2.75) is 19.8 Å². The van der Waals surface area contributed by atoms with E-state index in [1.807, 2.05) is 12.1 Å². The molecule has 0 aromatic heterocycles. The molecule has 1 aromatic rings. The maximum absolute atomic E-state index is 10.7. The van der Waals surface area contributed by atoms with Crippen LogP contribution >= 0.6 is 0 Å². The number of hydrogen-bond donors (Lipinski definition) is 1. The molecule has 0 spiro atoms. The summed E-state index contributed by atoms with van der Waals surface area (Å²) in [5, 5.41) is 8.81. The van der Waals surface area contributed by atoms with Gasteiger partial charge in [-0.1, -0.05) is 6.92 Å². The second-order valence-electron chi connectivity index (χ2n) is 4.00. The molecule has 0 fully saturated rings. The molecule has 0 saturated carbocycles. The zero-order chi connectivity index (χ0) is 12.8. The smallest absolute Gasteiger partial charge is 0.306 e. The van der Waals surface area contributed by atoms with Crippen LogP contribution in [0.15, 0.2) is 18.2 Å². The highest BCUT2D eigenvalue weighted by atomic mass is 16.5. The summed E-state index contributed by atoms with van der Waals surface area (Å²) in [6.07, 6.45) is 1.30. The molecule has 0 radical (unpaired) electrons. The summed E-state index contributed by atoms with van der Waals surface area (Å²) in [6, 6.07) is 5.60. The fraction of sp³-hybridized carbons (Fsp3) is 0.462. The van der Waals surface area contributed by atoms with Gasteiger partial charge in [0.15, 0.2) is 0 Å². The van der Waals surface area contributed by atoms with Crippen LogP contribution in [-0.2, 0) is 11.2 Å². The molecule has 0 aliphatic rings. The van der Waals surface area contributed by atoms with Gasteiger partial charge in [0.2, 0.25) is 0 Å². The molecule has 94 valence electrons. The maximum atomic E-state index is 10.7. The van der Waals surface area contributed by atoms with E-state index in [1.165, 1.54) is 0 Å². The molecule has 1 atom stereocenters. The summed E-state index contributed by atoms with van der Waals surface area (Å²) in [6.45, 7) is 1.71. The van der Waals surface area contributed by atoms with Crippen molar-refractivity contribution in [1.29, 1.82) is 0 Å². The molecule has 0 saturated heterocycles. The molecule has 0 amide bonds. The fourth-order valence-corrected chi connectivity index (χ4v) is 1.52. The van der Waals surface area contributed by atoms with E-state index in [0.717, 1.165) is 17.1 Å². The second-order valence-corrected chi connectivity index (χ2v) is 4.00. The van der Waals surface area contributed by atoms with Crippen LogP contribution in [0.3, 0.4) is 0 Å². The molecule has 17 heavy (non-hydrogen) atoms. The Balaban J connectivity index is 2.73. The average Bonchev–Trinajstić information content (AvgIpc) is 2.35. The van der Waals surface area contributed by atoms with Crippen molar-refractivity contribution < 1.29 is 19.4 Å². The van der Waals surface area contributed by atoms with E-state index in [1.54, 1.807) is 27.2 Å². The normalized spacial score (nSPS) is 11.9. The van der Waals surface area contributed by atoms with Crippen molar-refractivity contribution in [3.63, 3.8) is 0 Å². The van der Waals surface area contributed by atoms with Crippen LogP contribution in [-0.4, -0.2) is 25.3 Å². The lowest BCUT2D eigenvalue weighted by Crippen LogP contribution is -2.10. The molecule has 0 heterocycles. The summed E-state index contributed by atoms with van der Waals surface area (Å²) in [7, 11) is 3.19. The van der Waals surface area contributed by atoms with Gasteiger partial charge >= 0.3 is 5.97 Å². The SMILES string of the molecule is COc1cc(CCC(C)C(=O)O)cc(OC)c1. The minimum absolute atomic E-state index is 0.341. The van der Waals surface area contributed by atoms with E-state index in [9.17, 15) is 4.79 Å². The number of aliphatic carboxylic acids is 1. The number of carbonyl (C=O) groups is 1. The van der Waals surface area contributed by atoms with Gasteiger partial charge in [0.05, 0.1) is 20.1 Å². The van der Waals surface area contributed by atoms with Crippen molar-refractivity contribution >= 4 is 5.97 Å². The van der Waals surface area contributed by atoms with Gasteiger partial charge in [-0.2, -0.15) is 0 Å². The highest BCUT2D eigenvalue weighted by Gasteiger charge is 2.11. The number of ether oxygens (including phenoxy) is 2. The molecule has 0 aliphatic heterocycles. The molecule has 0 aliphatic carbocycles. The Bertz CT molecular complexity index is 365. The van der Waals surface area contributed by atoms with Gasteiger partial charge in [0, 0.05) is 6.07 Å².